The smallest absolute Gasteiger partial charge is 0.338 e. The summed E-state index contributed by atoms with van der Waals surface area (Å²) in [5, 5.41) is 22.0. The molecule has 12 atom stereocenters. The molecule has 3 aliphatic heterocycles. The van der Waals surface area contributed by atoms with Crippen molar-refractivity contribution in [3.8, 4) is 0 Å². The molecule has 1 saturated heterocycles. The highest BCUT2D eigenvalue weighted by Crippen LogP contribution is 2.66. The molecule has 3 heterocycles. The molecule has 0 amide bonds. The van der Waals surface area contributed by atoms with Gasteiger partial charge in [-0.3, -0.25) is 0 Å². The van der Waals surface area contributed by atoms with E-state index in [1.807, 2.05) is 6.92 Å². The van der Waals surface area contributed by atoms with Crippen LogP contribution in [0.4, 0.5) is 0 Å². The third-order valence-corrected chi connectivity index (χ3v) is 9.72. The Morgan fingerprint density at radius 1 is 1.17 bits per heavy atom. The maximum Gasteiger partial charge on any atom is 0.338 e. The van der Waals surface area contributed by atoms with Crippen molar-refractivity contribution in [2.24, 2.45) is 47.3 Å². The van der Waals surface area contributed by atoms with E-state index in [2.05, 4.69) is 26.8 Å². The molecule has 6 rings (SSSR count). The van der Waals surface area contributed by atoms with Gasteiger partial charge in [-0.05, 0) is 50.9 Å². The summed E-state index contributed by atoms with van der Waals surface area (Å²) in [7, 11) is 0. The summed E-state index contributed by atoms with van der Waals surface area (Å²) in [6.07, 6.45) is 3.79. The number of carbonyl (C=O) groups is 1. The zero-order valence-corrected chi connectivity index (χ0v) is 17.7. The first-order valence-corrected chi connectivity index (χ1v) is 11.4. The molecule has 0 spiro atoms. The van der Waals surface area contributed by atoms with E-state index in [4.69, 9.17) is 9.47 Å². The van der Waals surface area contributed by atoms with Crippen LogP contribution in [-0.2, 0) is 14.3 Å². The van der Waals surface area contributed by atoms with E-state index < -0.39 is 12.2 Å². The second-order valence-electron chi connectivity index (χ2n) is 10.9. The number of fused-ring (bicyclic) bond motifs is 9. The average Bonchev–Trinajstić information content (AvgIpc) is 3.16. The third-order valence-electron chi connectivity index (χ3n) is 9.72. The van der Waals surface area contributed by atoms with Crippen LogP contribution in [0.1, 0.15) is 47.0 Å². The molecule has 0 aromatic carbocycles. The van der Waals surface area contributed by atoms with Gasteiger partial charge in [-0.2, -0.15) is 0 Å². The summed E-state index contributed by atoms with van der Waals surface area (Å²) in [6, 6.07) is 0. The summed E-state index contributed by atoms with van der Waals surface area (Å²) >= 11 is 0. The lowest BCUT2D eigenvalue weighted by Crippen LogP contribution is -2.49. The lowest BCUT2D eigenvalue weighted by Gasteiger charge is -2.48. The minimum absolute atomic E-state index is 0.0126. The lowest BCUT2D eigenvalue weighted by molar-refractivity contribution is -0.154. The van der Waals surface area contributed by atoms with Gasteiger partial charge in [0.25, 0.3) is 0 Å². The van der Waals surface area contributed by atoms with Gasteiger partial charge in [0, 0.05) is 23.7 Å². The van der Waals surface area contributed by atoms with E-state index >= 15 is 0 Å². The minimum atomic E-state index is -0.543. The van der Waals surface area contributed by atoms with Crippen LogP contribution < -0.4 is 0 Å². The highest BCUT2D eigenvalue weighted by molar-refractivity contribution is 5.91. The molecule has 5 nitrogen and oxygen atoms in total. The number of allylic oxidation sites excluding steroid dienone is 1. The number of aliphatic hydroxyl groups excluding tert-OH is 2. The molecular formula is C24H32O5. The van der Waals surface area contributed by atoms with Crippen molar-refractivity contribution in [1.82, 2.24) is 0 Å². The van der Waals surface area contributed by atoms with E-state index in [-0.39, 0.29) is 59.1 Å². The van der Waals surface area contributed by atoms with Crippen LogP contribution in [0.15, 0.2) is 23.0 Å². The Hall–Kier alpha value is -1.33. The van der Waals surface area contributed by atoms with Gasteiger partial charge in [0.2, 0.25) is 0 Å². The topological polar surface area (TPSA) is 76.0 Å². The minimum Gasteiger partial charge on any atom is -0.491 e. The van der Waals surface area contributed by atoms with Crippen molar-refractivity contribution in [3.05, 3.63) is 23.0 Å². The van der Waals surface area contributed by atoms with Crippen LogP contribution in [-0.4, -0.2) is 40.1 Å². The van der Waals surface area contributed by atoms with Crippen LogP contribution in [0, 0.1) is 47.3 Å². The molecule has 0 unspecified atom stereocenters. The standard InChI is InChI=1S/C24H32O5/c1-9-7-13-17(21(26)11(3)20(13)25)16-12(9)8-14-18(16)19-22-10(2)15(28-23(19)27)5-6-24(14,4)29-22/h7,10-18,20-21,25-26H,5-6,8H2,1-4H3/t10-,11+,12-,13+,14+,15-,16-,17-,18+,20+,21-,24-/m1/s1. The first-order valence-electron chi connectivity index (χ1n) is 11.4. The second-order valence-corrected chi connectivity index (χ2v) is 10.9. The zero-order chi connectivity index (χ0) is 20.4. The highest BCUT2D eigenvalue weighted by Gasteiger charge is 2.66. The molecule has 2 N–H and O–H groups in total. The number of hydrogen-bond acceptors (Lipinski definition) is 5. The molecule has 2 saturated carbocycles. The molecule has 3 fully saturated rings. The number of hydrogen-bond donors (Lipinski definition) is 2. The van der Waals surface area contributed by atoms with Crippen molar-refractivity contribution in [2.45, 2.75) is 70.9 Å². The predicted molar refractivity (Wildman–Crippen MR) is 105 cm³/mol. The van der Waals surface area contributed by atoms with Crippen LogP contribution in [0.25, 0.3) is 0 Å². The molecular weight excluding hydrogens is 368 g/mol. The van der Waals surface area contributed by atoms with Crippen molar-refractivity contribution in [2.75, 3.05) is 0 Å². The fourth-order valence-electron chi connectivity index (χ4n) is 8.16. The Bertz CT molecular complexity index is 844. The molecule has 3 bridgehead atoms. The van der Waals surface area contributed by atoms with Gasteiger partial charge in [-0.25, -0.2) is 4.79 Å². The Morgan fingerprint density at radius 2 is 1.93 bits per heavy atom. The fraction of sp³-hybridized carbons (Fsp3) is 0.792. The quantitative estimate of drug-likeness (QED) is 0.483. The summed E-state index contributed by atoms with van der Waals surface area (Å²) in [6.45, 7) is 8.47. The first kappa shape index (κ1) is 18.4. The summed E-state index contributed by atoms with van der Waals surface area (Å²) < 4.78 is 12.6. The molecule has 5 heteroatoms. The lowest BCUT2D eigenvalue weighted by atomic mass is 9.63. The van der Waals surface area contributed by atoms with Crippen molar-refractivity contribution in [3.63, 3.8) is 0 Å². The zero-order valence-electron chi connectivity index (χ0n) is 17.7. The van der Waals surface area contributed by atoms with E-state index in [1.165, 1.54) is 5.57 Å². The fourth-order valence-corrected chi connectivity index (χ4v) is 8.16. The van der Waals surface area contributed by atoms with Gasteiger partial charge in [0.1, 0.15) is 17.5 Å². The first-order chi connectivity index (χ1) is 13.7. The van der Waals surface area contributed by atoms with Gasteiger partial charge >= 0.3 is 5.97 Å². The van der Waals surface area contributed by atoms with Crippen molar-refractivity contribution < 1.29 is 24.5 Å². The van der Waals surface area contributed by atoms with E-state index in [9.17, 15) is 15.0 Å². The number of aliphatic hydroxyl groups is 2. The number of rotatable bonds is 0. The van der Waals surface area contributed by atoms with E-state index in [0.29, 0.717) is 5.92 Å². The van der Waals surface area contributed by atoms with E-state index in [0.717, 1.165) is 30.6 Å². The molecule has 0 radical (unpaired) electrons. The van der Waals surface area contributed by atoms with E-state index in [1.54, 1.807) is 0 Å². The number of ether oxygens (including phenoxy) is 2. The maximum absolute atomic E-state index is 13.2. The van der Waals surface area contributed by atoms with Gasteiger partial charge < -0.3 is 19.7 Å². The van der Waals surface area contributed by atoms with Gasteiger partial charge in [-0.15, -0.1) is 0 Å². The van der Waals surface area contributed by atoms with Crippen LogP contribution in [0.2, 0.25) is 0 Å². The molecule has 0 aromatic rings. The largest absolute Gasteiger partial charge is 0.491 e. The third kappa shape index (κ3) is 2.11. The molecule has 6 aliphatic rings. The monoisotopic (exact) mass is 400 g/mol. The normalized spacial score (nSPS) is 57.4. The van der Waals surface area contributed by atoms with Gasteiger partial charge in [0.05, 0.1) is 23.7 Å². The van der Waals surface area contributed by atoms with Crippen LogP contribution in [0.5, 0.6) is 0 Å². The molecule has 0 aromatic heterocycles. The predicted octanol–water partition coefficient (Wildman–Crippen LogP) is 2.82. The number of carbonyl (C=O) groups excluding carboxylic acids is 1. The average molecular weight is 401 g/mol. The maximum atomic E-state index is 13.2. The Labute approximate surface area is 172 Å². The Morgan fingerprint density at radius 3 is 2.69 bits per heavy atom. The molecule has 158 valence electrons. The summed E-state index contributed by atoms with van der Waals surface area (Å²) in [5.41, 5.74) is 1.77. The summed E-state index contributed by atoms with van der Waals surface area (Å²) in [5.74, 6) is 1.34. The van der Waals surface area contributed by atoms with Gasteiger partial charge in [-0.1, -0.05) is 25.5 Å². The highest BCUT2D eigenvalue weighted by atomic mass is 16.6. The Kier molecular flexibility index (Phi) is 3.61. The molecule has 29 heavy (non-hydrogen) atoms. The molecule has 3 aliphatic carbocycles. The SMILES string of the molecule is CC1=C[C@@H]2[C@@H](O)[C@H](C)[C@@H](O)[C@H]2[C@@H]2[C@H]3C4=C5O[C@](C)(CC[C@@H](OC4=O)[C@H]5C)[C@H]3C[C@H]12. The second kappa shape index (κ2) is 5.67. The van der Waals surface area contributed by atoms with Crippen LogP contribution in [0.3, 0.4) is 0 Å². The number of esters is 1. The Balaban J connectivity index is 1.55. The van der Waals surface area contributed by atoms with Crippen molar-refractivity contribution >= 4 is 5.97 Å². The summed E-state index contributed by atoms with van der Waals surface area (Å²) in [4.78, 5) is 13.2. The van der Waals surface area contributed by atoms with Crippen molar-refractivity contribution in [1.29, 1.82) is 0 Å². The van der Waals surface area contributed by atoms with Crippen LogP contribution >= 0.6 is 0 Å². The van der Waals surface area contributed by atoms with Gasteiger partial charge in [0.15, 0.2) is 0 Å².